The van der Waals surface area contributed by atoms with Crippen LogP contribution in [0.5, 0.6) is 11.5 Å². The molecule has 3 aromatic rings. The van der Waals surface area contributed by atoms with E-state index in [1.807, 2.05) is 54.6 Å². The summed E-state index contributed by atoms with van der Waals surface area (Å²) in [6.07, 6.45) is 0. The van der Waals surface area contributed by atoms with Gasteiger partial charge in [0.05, 0.1) is 16.3 Å². The fourth-order valence-corrected chi connectivity index (χ4v) is 4.23. The number of nitrogens with one attached hydrogen (secondary N) is 1. The summed E-state index contributed by atoms with van der Waals surface area (Å²) in [6.45, 7) is 0.189. The van der Waals surface area contributed by atoms with Gasteiger partial charge < -0.3 is 14.8 Å². The van der Waals surface area contributed by atoms with Crippen LogP contribution in [0.15, 0.2) is 82.6 Å². The van der Waals surface area contributed by atoms with Crippen molar-refractivity contribution >= 4 is 28.9 Å². The SMILES string of the molecule is O=C(C1=C(c2ccccc2)Nc2ccccc2S1)c1ccc2c(c1)OCO2. The van der Waals surface area contributed by atoms with Gasteiger partial charge in [0.15, 0.2) is 11.5 Å². The maximum Gasteiger partial charge on any atom is 0.231 e. The highest BCUT2D eigenvalue weighted by Gasteiger charge is 2.26. The number of allylic oxidation sites excluding steroid dienone is 1. The molecule has 2 aliphatic rings. The Hall–Kier alpha value is -3.18. The average Bonchev–Trinajstić information content (AvgIpc) is 3.21. The maximum atomic E-state index is 13.4. The van der Waals surface area contributed by atoms with Gasteiger partial charge in [0.25, 0.3) is 0 Å². The molecular formula is C22H15NO3S. The highest BCUT2D eigenvalue weighted by atomic mass is 32.2. The van der Waals surface area contributed by atoms with Crippen molar-refractivity contribution < 1.29 is 14.3 Å². The zero-order chi connectivity index (χ0) is 18.2. The van der Waals surface area contributed by atoms with Crippen LogP contribution in [0.1, 0.15) is 15.9 Å². The lowest BCUT2D eigenvalue weighted by Crippen LogP contribution is -2.13. The summed E-state index contributed by atoms with van der Waals surface area (Å²) in [7, 11) is 0. The van der Waals surface area contributed by atoms with Gasteiger partial charge in [0.2, 0.25) is 12.6 Å². The summed E-state index contributed by atoms with van der Waals surface area (Å²) < 4.78 is 10.8. The number of benzene rings is 3. The number of Topliss-reactive ketones (excluding diaryl/α,β-unsaturated/α-hetero) is 1. The van der Waals surface area contributed by atoms with Crippen LogP contribution in [-0.4, -0.2) is 12.6 Å². The number of carbonyl (C=O) groups is 1. The van der Waals surface area contributed by atoms with E-state index in [9.17, 15) is 4.79 Å². The molecule has 0 fully saturated rings. The Morgan fingerprint density at radius 2 is 1.67 bits per heavy atom. The van der Waals surface area contributed by atoms with Gasteiger partial charge in [-0.15, -0.1) is 0 Å². The molecule has 5 rings (SSSR count). The van der Waals surface area contributed by atoms with Gasteiger partial charge >= 0.3 is 0 Å². The van der Waals surface area contributed by atoms with Crippen molar-refractivity contribution in [2.75, 3.05) is 12.1 Å². The van der Waals surface area contributed by atoms with Crippen LogP contribution in [0.2, 0.25) is 0 Å². The van der Waals surface area contributed by atoms with E-state index in [0.717, 1.165) is 21.8 Å². The number of rotatable bonds is 3. The zero-order valence-corrected chi connectivity index (χ0v) is 15.1. The molecule has 27 heavy (non-hydrogen) atoms. The predicted molar refractivity (Wildman–Crippen MR) is 106 cm³/mol. The highest BCUT2D eigenvalue weighted by Crippen LogP contribution is 2.44. The van der Waals surface area contributed by atoms with E-state index in [2.05, 4.69) is 5.32 Å². The van der Waals surface area contributed by atoms with E-state index < -0.39 is 0 Å². The molecule has 0 spiro atoms. The van der Waals surface area contributed by atoms with Crippen molar-refractivity contribution in [3.8, 4) is 11.5 Å². The summed E-state index contributed by atoms with van der Waals surface area (Å²) >= 11 is 1.49. The third-order valence-corrected chi connectivity index (χ3v) is 5.66. The molecule has 0 atom stereocenters. The standard InChI is InChI=1S/C22H15NO3S/c24-21(15-10-11-17-18(12-15)26-13-25-17)22-20(14-6-2-1-3-7-14)23-16-8-4-5-9-19(16)27-22/h1-12,23H,13H2. The Morgan fingerprint density at radius 1 is 0.889 bits per heavy atom. The summed E-state index contributed by atoms with van der Waals surface area (Å²) in [5.41, 5.74) is 3.38. The highest BCUT2D eigenvalue weighted by molar-refractivity contribution is 8.04. The maximum absolute atomic E-state index is 13.4. The molecule has 4 nitrogen and oxygen atoms in total. The number of ketones is 1. The molecule has 2 aliphatic heterocycles. The number of carbonyl (C=O) groups excluding carboxylic acids is 1. The Labute approximate surface area is 160 Å². The van der Waals surface area contributed by atoms with Crippen LogP contribution in [0, 0.1) is 0 Å². The lowest BCUT2D eigenvalue weighted by molar-refractivity contribution is 0.104. The number of hydrogen-bond acceptors (Lipinski definition) is 5. The number of para-hydroxylation sites is 1. The van der Waals surface area contributed by atoms with Crippen LogP contribution in [-0.2, 0) is 0 Å². The molecule has 0 amide bonds. The van der Waals surface area contributed by atoms with E-state index in [1.165, 1.54) is 11.8 Å². The van der Waals surface area contributed by atoms with E-state index in [4.69, 9.17) is 9.47 Å². The lowest BCUT2D eigenvalue weighted by atomic mass is 10.0. The van der Waals surface area contributed by atoms with Crippen molar-refractivity contribution in [3.05, 3.63) is 88.8 Å². The molecule has 0 saturated heterocycles. The molecule has 3 aromatic carbocycles. The molecule has 0 saturated carbocycles. The second-order valence-electron chi connectivity index (χ2n) is 6.19. The Kier molecular flexibility index (Phi) is 3.87. The largest absolute Gasteiger partial charge is 0.454 e. The van der Waals surface area contributed by atoms with Gasteiger partial charge in [0, 0.05) is 10.5 Å². The summed E-state index contributed by atoms with van der Waals surface area (Å²) in [5, 5.41) is 3.45. The molecular weight excluding hydrogens is 358 g/mol. The van der Waals surface area contributed by atoms with E-state index in [-0.39, 0.29) is 12.6 Å². The van der Waals surface area contributed by atoms with E-state index >= 15 is 0 Å². The van der Waals surface area contributed by atoms with Crippen molar-refractivity contribution in [1.82, 2.24) is 0 Å². The first-order valence-corrected chi connectivity index (χ1v) is 9.39. The summed E-state index contributed by atoms with van der Waals surface area (Å²) in [4.78, 5) is 15.1. The number of anilines is 1. The molecule has 0 radical (unpaired) electrons. The van der Waals surface area contributed by atoms with Crippen molar-refractivity contribution in [3.63, 3.8) is 0 Å². The minimum absolute atomic E-state index is 0.0424. The van der Waals surface area contributed by atoms with Crippen molar-refractivity contribution in [1.29, 1.82) is 0 Å². The Morgan fingerprint density at radius 3 is 2.56 bits per heavy atom. The Bertz CT molecular complexity index is 1080. The molecule has 2 heterocycles. The Balaban J connectivity index is 1.61. The smallest absolute Gasteiger partial charge is 0.231 e. The third-order valence-electron chi connectivity index (χ3n) is 4.49. The van der Waals surface area contributed by atoms with Crippen LogP contribution in [0.4, 0.5) is 5.69 Å². The predicted octanol–water partition coefficient (Wildman–Crippen LogP) is 5.18. The van der Waals surface area contributed by atoms with Gasteiger partial charge in [-0.2, -0.15) is 0 Å². The topological polar surface area (TPSA) is 47.6 Å². The minimum Gasteiger partial charge on any atom is -0.454 e. The molecule has 132 valence electrons. The van der Waals surface area contributed by atoms with Gasteiger partial charge in [-0.1, -0.05) is 54.2 Å². The first-order chi connectivity index (χ1) is 13.3. The lowest BCUT2D eigenvalue weighted by Gasteiger charge is -2.24. The molecule has 5 heteroatoms. The average molecular weight is 373 g/mol. The van der Waals surface area contributed by atoms with Crippen LogP contribution in [0.25, 0.3) is 5.70 Å². The first-order valence-electron chi connectivity index (χ1n) is 8.57. The first kappa shape index (κ1) is 16.0. The fourth-order valence-electron chi connectivity index (χ4n) is 3.15. The molecule has 0 aliphatic carbocycles. The zero-order valence-electron chi connectivity index (χ0n) is 14.3. The van der Waals surface area contributed by atoms with Crippen LogP contribution in [0.3, 0.4) is 0 Å². The normalized spacial score (nSPS) is 14.5. The second kappa shape index (κ2) is 6.52. The van der Waals surface area contributed by atoms with Gasteiger partial charge in [0.1, 0.15) is 0 Å². The molecule has 1 N–H and O–H groups in total. The monoisotopic (exact) mass is 373 g/mol. The number of hydrogen-bond donors (Lipinski definition) is 1. The van der Waals surface area contributed by atoms with Crippen LogP contribution >= 0.6 is 11.8 Å². The van der Waals surface area contributed by atoms with E-state index in [0.29, 0.717) is 22.0 Å². The number of ether oxygens (including phenoxy) is 2. The number of fused-ring (bicyclic) bond motifs is 2. The molecule has 0 aromatic heterocycles. The second-order valence-corrected chi connectivity index (χ2v) is 7.24. The number of thioether (sulfide) groups is 1. The fraction of sp³-hybridized carbons (Fsp3) is 0.0455. The summed E-state index contributed by atoms with van der Waals surface area (Å²) in [5.74, 6) is 1.24. The quantitative estimate of drug-likeness (QED) is 0.641. The van der Waals surface area contributed by atoms with Crippen molar-refractivity contribution in [2.45, 2.75) is 4.90 Å². The van der Waals surface area contributed by atoms with E-state index in [1.54, 1.807) is 18.2 Å². The van der Waals surface area contributed by atoms with Gasteiger partial charge in [-0.3, -0.25) is 4.79 Å². The molecule has 0 unspecified atom stereocenters. The minimum atomic E-state index is -0.0424. The van der Waals surface area contributed by atoms with Gasteiger partial charge in [-0.25, -0.2) is 0 Å². The van der Waals surface area contributed by atoms with Crippen LogP contribution < -0.4 is 14.8 Å². The molecule has 0 bridgehead atoms. The summed E-state index contributed by atoms with van der Waals surface area (Å²) in [6, 6.07) is 23.2. The van der Waals surface area contributed by atoms with Gasteiger partial charge in [-0.05, 0) is 35.9 Å². The third kappa shape index (κ3) is 2.86. The van der Waals surface area contributed by atoms with Crippen molar-refractivity contribution in [2.24, 2.45) is 0 Å².